The van der Waals surface area contributed by atoms with E-state index in [1.165, 1.54) is 17.2 Å². The van der Waals surface area contributed by atoms with Gasteiger partial charge >= 0.3 is 0 Å². The zero-order valence-corrected chi connectivity index (χ0v) is 10.8. The number of nitrogens with one attached hydrogen (secondary N) is 1. The standard InChI is InChI=1S/C13H13N3O4/c1-8-12(17)14-4-5-16(8)13(18)9-7-11(20-15-9)10-3-2-6-19-10/h2-3,6-8H,4-5H2,1H3,(H,14,17). The maximum absolute atomic E-state index is 12.3. The molecule has 1 atom stereocenters. The number of aromatic nitrogens is 1. The lowest BCUT2D eigenvalue weighted by Crippen LogP contribution is -2.55. The zero-order chi connectivity index (χ0) is 14.1. The highest BCUT2D eigenvalue weighted by molar-refractivity contribution is 5.97. The van der Waals surface area contributed by atoms with E-state index >= 15 is 0 Å². The van der Waals surface area contributed by atoms with Gasteiger partial charge in [-0.05, 0) is 19.1 Å². The van der Waals surface area contributed by atoms with Crippen LogP contribution < -0.4 is 5.32 Å². The molecule has 1 aliphatic rings. The molecule has 20 heavy (non-hydrogen) atoms. The summed E-state index contributed by atoms with van der Waals surface area (Å²) in [5.41, 5.74) is 0.165. The molecule has 0 aromatic carbocycles. The van der Waals surface area contributed by atoms with Crippen molar-refractivity contribution in [1.82, 2.24) is 15.4 Å². The molecule has 7 nitrogen and oxygen atoms in total. The highest BCUT2D eigenvalue weighted by Gasteiger charge is 2.31. The fourth-order valence-corrected chi connectivity index (χ4v) is 2.12. The molecule has 3 rings (SSSR count). The van der Waals surface area contributed by atoms with Crippen LogP contribution in [0, 0.1) is 0 Å². The van der Waals surface area contributed by atoms with E-state index < -0.39 is 6.04 Å². The normalized spacial score (nSPS) is 18.9. The largest absolute Gasteiger partial charge is 0.461 e. The molecular weight excluding hydrogens is 262 g/mol. The first-order chi connectivity index (χ1) is 9.66. The summed E-state index contributed by atoms with van der Waals surface area (Å²) in [5, 5.41) is 6.45. The molecule has 2 amide bonds. The molecule has 0 saturated carbocycles. The Bertz CT molecular complexity index is 632. The van der Waals surface area contributed by atoms with Gasteiger partial charge in [-0.2, -0.15) is 0 Å². The molecule has 3 heterocycles. The second-order valence-corrected chi connectivity index (χ2v) is 4.52. The third-order valence-corrected chi connectivity index (χ3v) is 3.25. The van der Waals surface area contributed by atoms with Crippen LogP contribution in [0.1, 0.15) is 17.4 Å². The predicted molar refractivity (Wildman–Crippen MR) is 67.7 cm³/mol. The smallest absolute Gasteiger partial charge is 0.276 e. The SMILES string of the molecule is CC1C(=O)NCCN1C(=O)c1cc(-c2ccco2)on1. The number of rotatable bonds is 2. The van der Waals surface area contributed by atoms with E-state index in [1.54, 1.807) is 19.1 Å². The van der Waals surface area contributed by atoms with Crippen molar-refractivity contribution < 1.29 is 18.5 Å². The highest BCUT2D eigenvalue weighted by Crippen LogP contribution is 2.21. The van der Waals surface area contributed by atoms with Gasteiger partial charge in [0, 0.05) is 19.2 Å². The second kappa shape index (κ2) is 4.84. The Morgan fingerprint density at radius 1 is 1.50 bits per heavy atom. The number of hydrogen-bond donors (Lipinski definition) is 1. The third-order valence-electron chi connectivity index (χ3n) is 3.25. The summed E-state index contributed by atoms with van der Waals surface area (Å²) in [5.74, 6) is 0.390. The lowest BCUT2D eigenvalue weighted by molar-refractivity contribution is -0.127. The average Bonchev–Trinajstić information content (AvgIpc) is 3.11. The summed E-state index contributed by atoms with van der Waals surface area (Å²) in [7, 11) is 0. The van der Waals surface area contributed by atoms with Crippen LogP contribution in [0.4, 0.5) is 0 Å². The fraction of sp³-hybridized carbons (Fsp3) is 0.308. The molecule has 1 aliphatic heterocycles. The van der Waals surface area contributed by atoms with E-state index in [1.807, 2.05) is 0 Å². The second-order valence-electron chi connectivity index (χ2n) is 4.52. The Kier molecular flexibility index (Phi) is 3.02. The van der Waals surface area contributed by atoms with Crippen LogP contribution in [-0.4, -0.2) is 41.0 Å². The van der Waals surface area contributed by atoms with Gasteiger partial charge in [-0.15, -0.1) is 0 Å². The van der Waals surface area contributed by atoms with Crippen LogP contribution in [0.5, 0.6) is 0 Å². The molecule has 0 bridgehead atoms. The van der Waals surface area contributed by atoms with Crippen LogP contribution in [-0.2, 0) is 4.79 Å². The monoisotopic (exact) mass is 275 g/mol. The third kappa shape index (κ3) is 2.07. The first kappa shape index (κ1) is 12.5. The maximum Gasteiger partial charge on any atom is 0.276 e. The molecule has 1 saturated heterocycles. The van der Waals surface area contributed by atoms with Crippen molar-refractivity contribution in [3.63, 3.8) is 0 Å². The molecule has 0 aliphatic carbocycles. The van der Waals surface area contributed by atoms with Crippen molar-refractivity contribution in [2.45, 2.75) is 13.0 Å². The lowest BCUT2D eigenvalue weighted by atomic mass is 10.2. The number of furan rings is 1. The highest BCUT2D eigenvalue weighted by atomic mass is 16.5. The molecule has 7 heteroatoms. The topological polar surface area (TPSA) is 88.6 Å². The van der Waals surface area contributed by atoms with Gasteiger partial charge in [0.1, 0.15) is 6.04 Å². The minimum absolute atomic E-state index is 0.165. The summed E-state index contributed by atoms with van der Waals surface area (Å²) in [6, 6.07) is 4.43. The fourth-order valence-electron chi connectivity index (χ4n) is 2.12. The van der Waals surface area contributed by atoms with Crippen LogP contribution in [0.25, 0.3) is 11.5 Å². The number of hydrogen-bond acceptors (Lipinski definition) is 5. The van der Waals surface area contributed by atoms with E-state index in [-0.39, 0.29) is 17.5 Å². The Morgan fingerprint density at radius 2 is 2.35 bits per heavy atom. The summed E-state index contributed by atoms with van der Waals surface area (Å²) < 4.78 is 10.3. The summed E-state index contributed by atoms with van der Waals surface area (Å²) in [6.45, 7) is 2.58. The Balaban J connectivity index is 1.82. The molecule has 0 radical (unpaired) electrons. The number of amides is 2. The molecule has 2 aromatic heterocycles. The molecule has 1 unspecified atom stereocenters. The molecular formula is C13H13N3O4. The van der Waals surface area contributed by atoms with Crippen molar-refractivity contribution in [3.8, 4) is 11.5 Å². The van der Waals surface area contributed by atoms with Crippen molar-refractivity contribution in [2.75, 3.05) is 13.1 Å². The number of carbonyl (C=O) groups is 2. The minimum atomic E-state index is -0.514. The summed E-state index contributed by atoms with van der Waals surface area (Å²) in [4.78, 5) is 25.4. The average molecular weight is 275 g/mol. The van der Waals surface area contributed by atoms with Crippen LogP contribution in [0.15, 0.2) is 33.4 Å². The maximum atomic E-state index is 12.3. The van der Waals surface area contributed by atoms with Crippen molar-refractivity contribution >= 4 is 11.8 Å². The Morgan fingerprint density at radius 3 is 3.10 bits per heavy atom. The van der Waals surface area contributed by atoms with Gasteiger partial charge in [-0.1, -0.05) is 5.16 Å². The van der Waals surface area contributed by atoms with Crippen LogP contribution in [0.2, 0.25) is 0 Å². The summed E-state index contributed by atoms with van der Waals surface area (Å²) >= 11 is 0. The quantitative estimate of drug-likeness (QED) is 0.879. The summed E-state index contributed by atoms with van der Waals surface area (Å²) in [6.07, 6.45) is 1.51. The zero-order valence-electron chi connectivity index (χ0n) is 10.8. The molecule has 1 N–H and O–H groups in total. The number of nitrogens with zero attached hydrogens (tertiary/aromatic N) is 2. The van der Waals surface area contributed by atoms with Gasteiger partial charge in [0.2, 0.25) is 11.7 Å². The van der Waals surface area contributed by atoms with Crippen LogP contribution in [0.3, 0.4) is 0 Å². The predicted octanol–water partition coefficient (Wildman–Crippen LogP) is 0.895. The Hall–Kier alpha value is -2.57. The van der Waals surface area contributed by atoms with E-state index in [0.29, 0.717) is 24.6 Å². The van der Waals surface area contributed by atoms with Crippen molar-refractivity contribution in [2.24, 2.45) is 0 Å². The molecule has 0 spiro atoms. The van der Waals surface area contributed by atoms with E-state index in [2.05, 4.69) is 10.5 Å². The number of carbonyl (C=O) groups excluding carboxylic acids is 2. The van der Waals surface area contributed by atoms with E-state index in [4.69, 9.17) is 8.94 Å². The van der Waals surface area contributed by atoms with Gasteiger partial charge in [0.05, 0.1) is 6.26 Å². The molecule has 104 valence electrons. The molecule has 2 aromatic rings. The Labute approximate surface area is 114 Å². The van der Waals surface area contributed by atoms with Gasteiger partial charge in [0.15, 0.2) is 11.5 Å². The van der Waals surface area contributed by atoms with Gasteiger partial charge in [-0.25, -0.2) is 0 Å². The lowest BCUT2D eigenvalue weighted by Gasteiger charge is -2.32. The minimum Gasteiger partial charge on any atom is -0.461 e. The first-order valence-corrected chi connectivity index (χ1v) is 6.26. The molecule has 1 fully saturated rings. The van der Waals surface area contributed by atoms with E-state index in [0.717, 1.165) is 0 Å². The number of piperazine rings is 1. The van der Waals surface area contributed by atoms with Gasteiger partial charge in [-0.3, -0.25) is 9.59 Å². The van der Waals surface area contributed by atoms with Crippen molar-refractivity contribution in [3.05, 3.63) is 30.2 Å². The first-order valence-electron chi connectivity index (χ1n) is 6.26. The van der Waals surface area contributed by atoms with E-state index in [9.17, 15) is 9.59 Å². The van der Waals surface area contributed by atoms with Gasteiger partial charge < -0.3 is 19.2 Å². The van der Waals surface area contributed by atoms with Crippen LogP contribution >= 0.6 is 0 Å². The van der Waals surface area contributed by atoms with Crippen molar-refractivity contribution in [1.29, 1.82) is 0 Å². The van der Waals surface area contributed by atoms with Gasteiger partial charge in [0.25, 0.3) is 5.91 Å².